The Labute approximate surface area is 77.2 Å². The van der Waals surface area contributed by atoms with Crippen LogP contribution in [0.1, 0.15) is 24.1 Å². The van der Waals surface area contributed by atoms with Crippen molar-refractivity contribution in [1.29, 1.82) is 0 Å². The van der Waals surface area contributed by atoms with Crippen molar-refractivity contribution in [3.8, 4) is 5.75 Å². The number of hydrogen-bond acceptors (Lipinski definition) is 2. The highest BCUT2D eigenvalue weighted by molar-refractivity contribution is 5.42. The molecule has 1 atom stereocenters. The number of phenolic OH excluding ortho intramolecular Hbond substituents is 1. The molecule has 0 saturated heterocycles. The zero-order chi connectivity index (χ0) is 9.84. The average Bonchev–Trinajstić information content (AvgIpc) is 2.17. The van der Waals surface area contributed by atoms with Crippen LogP contribution in [0.15, 0.2) is 18.2 Å². The molecule has 0 saturated carbocycles. The number of aryl methyl sites for hydroxylation is 1. The van der Waals surface area contributed by atoms with Gasteiger partial charge in [0.25, 0.3) is 0 Å². The number of hydrogen-bond donors (Lipinski definition) is 2. The van der Waals surface area contributed by atoms with Crippen LogP contribution in [0.4, 0.5) is 4.39 Å². The van der Waals surface area contributed by atoms with Crippen molar-refractivity contribution >= 4 is 0 Å². The lowest BCUT2D eigenvalue weighted by molar-refractivity contribution is 0.412. The van der Waals surface area contributed by atoms with E-state index < -0.39 is 12.7 Å². The van der Waals surface area contributed by atoms with Crippen molar-refractivity contribution in [3.63, 3.8) is 0 Å². The van der Waals surface area contributed by atoms with Gasteiger partial charge in [-0.3, -0.25) is 0 Å². The largest absolute Gasteiger partial charge is 0.507 e. The second kappa shape index (κ2) is 4.23. The van der Waals surface area contributed by atoms with Gasteiger partial charge in [0.15, 0.2) is 0 Å². The van der Waals surface area contributed by atoms with Crippen LogP contribution in [-0.4, -0.2) is 11.8 Å². The van der Waals surface area contributed by atoms with Gasteiger partial charge in [0.05, 0.1) is 6.04 Å². The lowest BCUT2D eigenvalue weighted by Gasteiger charge is -2.12. The van der Waals surface area contributed by atoms with E-state index in [1.54, 1.807) is 12.1 Å². The first-order chi connectivity index (χ1) is 6.20. The molecular weight excluding hydrogens is 169 g/mol. The fraction of sp³-hybridized carbons (Fsp3) is 0.400. The highest BCUT2D eigenvalue weighted by Gasteiger charge is 2.12. The van der Waals surface area contributed by atoms with Crippen LogP contribution in [0.2, 0.25) is 0 Å². The number of aromatic hydroxyl groups is 1. The van der Waals surface area contributed by atoms with E-state index in [-0.39, 0.29) is 5.75 Å². The molecule has 0 aromatic heterocycles. The van der Waals surface area contributed by atoms with Crippen LogP contribution < -0.4 is 5.73 Å². The minimum Gasteiger partial charge on any atom is -0.507 e. The number of halogens is 1. The molecule has 1 aromatic rings. The Morgan fingerprint density at radius 1 is 1.54 bits per heavy atom. The third-order valence-corrected chi connectivity index (χ3v) is 2.10. The molecule has 0 radical (unpaired) electrons. The zero-order valence-electron chi connectivity index (χ0n) is 7.63. The maximum atomic E-state index is 12.3. The molecule has 1 aromatic carbocycles. The monoisotopic (exact) mass is 183 g/mol. The molecule has 0 aliphatic rings. The number of rotatable bonds is 3. The van der Waals surface area contributed by atoms with Crippen LogP contribution >= 0.6 is 0 Å². The van der Waals surface area contributed by atoms with E-state index in [1.807, 2.05) is 13.0 Å². The molecule has 1 rings (SSSR count). The van der Waals surface area contributed by atoms with E-state index in [2.05, 4.69) is 0 Å². The third-order valence-electron chi connectivity index (χ3n) is 2.10. The van der Waals surface area contributed by atoms with Gasteiger partial charge in [0.1, 0.15) is 12.4 Å². The van der Waals surface area contributed by atoms with Crippen LogP contribution in [0, 0.1) is 0 Å². The van der Waals surface area contributed by atoms with Gasteiger partial charge in [-0.05, 0) is 12.0 Å². The third kappa shape index (κ3) is 1.98. The predicted octanol–water partition coefficient (Wildman–Crippen LogP) is 1.92. The molecule has 1 unspecified atom stereocenters. The molecule has 3 heteroatoms. The summed E-state index contributed by atoms with van der Waals surface area (Å²) in [6.07, 6.45) is 0.721. The highest BCUT2D eigenvalue weighted by atomic mass is 19.1. The molecular formula is C10H14FNO. The SMILES string of the molecule is CCc1cccc(C(N)CF)c1O. The van der Waals surface area contributed by atoms with Gasteiger partial charge in [-0.1, -0.05) is 25.1 Å². The Balaban J connectivity index is 3.08. The highest BCUT2D eigenvalue weighted by Crippen LogP contribution is 2.27. The zero-order valence-corrected chi connectivity index (χ0v) is 7.63. The van der Waals surface area contributed by atoms with E-state index in [4.69, 9.17) is 5.73 Å². The van der Waals surface area contributed by atoms with Crippen molar-refractivity contribution in [3.05, 3.63) is 29.3 Å². The quantitative estimate of drug-likeness (QED) is 0.752. The van der Waals surface area contributed by atoms with Crippen molar-refractivity contribution in [1.82, 2.24) is 0 Å². The summed E-state index contributed by atoms with van der Waals surface area (Å²) in [5.41, 5.74) is 6.78. The summed E-state index contributed by atoms with van der Waals surface area (Å²) < 4.78 is 12.3. The van der Waals surface area contributed by atoms with Gasteiger partial charge in [-0.15, -0.1) is 0 Å². The van der Waals surface area contributed by atoms with E-state index >= 15 is 0 Å². The van der Waals surface area contributed by atoms with Gasteiger partial charge in [0, 0.05) is 5.56 Å². The maximum Gasteiger partial charge on any atom is 0.123 e. The molecule has 2 nitrogen and oxygen atoms in total. The maximum absolute atomic E-state index is 12.3. The van der Waals surface area contributed by atoms with E-state index in [1.165, 1.54) is 0 Å². The number of nitrogens with two attached hydrogens (primary N) is 1. The van der Waals surface area contributed by atoms with Crippen molar-refractivity contribution in [2.75, 3.05) is 6.67 Å². The topological polar surface area (TPSA) is 46.2 Å². The second-order valence-electron chi connectivity index (χ2n) is 2.97. The fourth-order valence-corrected chi connectivity index (χ4v) is 1.28. The van der Waals surface area contributed by atoms with Crippen LogP contribution in [0.3, 0.4) is 0 Å². The van der Waals surface area contributed by atoms with Gasteiger partial charge >= 0.3 is 0 Å². The van der Waals surface area contributed by atoms with Crippen LogP contribution in [-0.2, 0) is 6.42 Å². The lowest BCUT2D eigenvalue weighted by Crippen LogP contribution is -2.12. The molecule has 13 heavy (non-hydrogen) atoms. The number of alkyl halides is 1. The van der Waals surface area contributed by atoms with E-state index in [0.29, 0.717) is 5.56 Å². The van der Waals surface area contributed by atoms with Gasteiger partial charge in [0.2, 0.25) is 0 Å². The van der Waals surface area contributed by atoms with Gasteiger partial charge in [-0.25, -0.2) is 4.39 Å². The van der Waals surface area contributed by atoms with Gasteiger partial charge < -0.3 is 10.8 Å². The summed E-state index contributed by atoms with van der Waals surface area (Å²) in [5.74, 6) is 0.134. The first-order valence-electron chi connectivity index (χ1n) is 4.33. The average molecular weight is 183 g/mol. The fourth-order valence-electron chi connectivity index (χ4n) is 1.28. The Bertz CT molecular complexity index is 288. The summed E-state index contributed by atoms with van der Waals surface area (Å²) in [4.78, 5) is 0. The summed E-state index contributed by atoms with van der Waals surface area (Å²) in [5, 5.41) is 9.64. The van der Waals surface area contributed by atoms with E-state index in [0.717, 1.165) is 12.0 Å². The summed E-state index contributed by atoms with van der Waals surface area (Å²) >= 11 is 0. The van der Waals surface area contributed by atoms with E-state index in [9.17, 15) is 9.50 Å². The van der Waals surface area contributed by atoms with Crippen LogP contribution in [0.25, 0.3) is 0 Å². The Morgan fingerprint density at radius 3 is 2.77 bits per heavy atom. The summed E-state index contributed by atoms with van der Waals surface area (Å²) in [7, 11) is 0. The minimum atomic E-state index is -0.716. The molecule has 0 heterocycles. The van der Waals surface area contributed by atoms with Crippen molar-refractivity contribution in [2.45, 2.75) is 19.4 Å². The second-order valence-corrected chi connectivity index (χ2v) is 2.97. The Hall–Kier alpha value is -1.09. The summed E-state index contributed by atoms with van der Waals surface area (Å²) in [6.45, 7) is 1.28. The van der Waals surface area contributed by atoms with Crippen molar-refractivity contribution < 1.29 is 9.50 Å². The molecule has 0 fully saturated rings. The predicted molar refractivity (Wildman–Crippen MR) is 50.4 cm³/mol. The normalized spacial score (nSPS) is 12.8. The minimum absolute atomic E-state index is 0.134. The smallest absolute Gasteiger partial charge is 0.123 e. The van der Waals surface area contributed by atoms with Crippen LogP contribution in [0.5, 0.6) is 5.75 Å². The Morgan fingerprint density at radius 2 is 2.23 bits per heavy atom. The Kier molecular flexibility index (Phi) is 3.25. The molecule has 3 N–H and O–H groups in total. The standard InChI is InChI=1S/C10H14FNO/c1-2-7-4-3-5-8(10(7)13)9(12)6-11/h3-5,9,13H,2,6,12H2,1H3. The van der Waals surface area contributed by atoms with Gasteiger partial charge in [-0.2, -0.15) is 0 Å². The molecule has 0 bridgehead atoms. The first kappa shape index (κ1) is 9.99. The summed E-state index contributed by atoms with van der Waals surface area (Å²) in [6, 6.07) is 4.53. The molecule has 0 amide bonds. The number of para-hydroxylation sites is 1. The molecule has 0 aliphatic carbocycles. The molecule has 72 valence electrons. The first-order valence-corrected chi connectivity index (χ1v) is 4.33. The molecule has 0 aliphatic heterocycles. The van der Waals surface area contributed by atoms with Crippen molar-refractivity contribution in [2.24, 2.45) is 5.73 Å². The molecule has 0 spiro atoms. The number of benzene rings is 1. The lowest BCUT2D eigenvalue weighted by atomic mass is 10.0. The number of phenols is 1.